The third kappa shape index (κ3) is 8.36. The van der Waals surface area contributed by atoms with Crippen LogP contribution in [-0.2, 0) is 20.7 Å². The molecule has 0 saturated heterocycles. The lowest BCUT2D eigenvalue weighted by Gasteiger charge is -2.31. The molecule has 0 radical (unpaired) electrons. The monoisotopic (exact) mass is 548 g/mol. The van der Waals surface area contributed by atoms with E-state index < -0.39 is 48.3 Å². The number of halogens is 3. The van der Waals surface area contributed by atoms with Crippen LogP contribution in [0.2, 0.25) is 0 Å². The Labute approximate surface area is 226 Å². The third-order valence-electron chi connectivity index (χ3n) is 5.99. The van der Waals surface area contributed by atoms with Crippen LogP contribution in [0.15, 0.2) is 54.6 Å². The molecule has 0 aromatic heterocycles. The van der Waals surface area contributed by atoms with E-state index in [1.807, 2.05) is 13.8 Å². The van der Waals surface area contributed by atoms with Gasteiger partial charge in [-0.05, 0) is 52.3 Å². The molecule has 0 fully saturated rings. The summed E-state index contributed by atoms with van der Waals surface area (Å²) in [5, 5.41) is 5.17. The Morgan fingerprint density at radius 1 is 1.00 bits per heavy atom. The van der Waals surface area contributed by atoms with Crippen molar-refractivity contribution in [3.8, 4) is 0 Å². The summed E-state index contributed by atoms with van der Waals surface area (Å²) in [5.74, 6) is -1.61. The van der Waals surface area contributed by atoms with Crippen LogP contribution < -0.4 is 20.4 Å². The van der Waals surface area contributed by atoms with Crippen molar-refractivity contribution >= 4 is 29.3 Å². The molecule has 3 amide bonds. The Balaban J connectivity index is 1.93. The van der Waals surface area contributed by atoms with Crippen molar-refractivity contribution in [3.05, 3.63) is 60.2 Å². The lowest BCUT2D eigenvalue weighted by atomic mass is 10.0. The number of fused-ring (bicyclic) bond motifs is 1. The SMILES string of the molecule is CC(C)N1CC(NC(=O)[C@@H](Cc2ccccc2)NC(=O)OC(C)(C)C)C(=O)N(CC(F)(F)F)c2ccccc21. The molecule has 8 nitrogen and oxygen atoms in total. The van der Waals surface area contributed by atoms with Crippen molar-refractivity contribution in [1.29, 1.82) is 0 Å². The van der Waals surface area contributed by atoms with Crippen molar-refractivity contribution in [2.24, 2.45) is 0 Å². The number of para-hydroxylation sites is 2. The number of benzene rings is 2. The van der Waals surface area contributed by atoms with Gasteiger partial charge in [-0.15, -0.1) is 0 Å². The molecule has 0 saturated carbocycles. The highest BCUT2D eigenvalue weighted by Crippen LogP contribution is 2.35. The number of rotatable bonds is 7. The van der Waals surface area contributed by atoms with Crippen LogP contribution in [0.3, 0.4) is 0 Å². The van der Waals surface area contributed by atoms with Gasteiger partial charge in [-0.3, -0.25) is 14.5 Å². The van der Waals surface area contributed by atoms with Crippen molar-refractivity contribution in [2.45, 2.75) is 70.9 Å². The summed E-state index contributed by atoms with van der Waals surface area (Å²) in [7, 11) is 0. The Hall–Kier alpha value is -3.76. The maximum Gasteiger partial charge on any atom is 0.408 e. The zero-order valence-electron chi connectivity index (χ0n) is 22.7. The predicted molar refractivity (Wildman–Crippen MR) is 143 cm³/mol. The highest BCUT2D eigenvalue weighted by atomic mass is 19.4. The van der Waals surface area contributed by atoms with E-state index in [2.05, 4.69) is 10.6 Å². The smallest absolute Gasteiger partial charge is 0.408 e. The first kappa shape index (κ1) is 29.8. The number of nitrogens with zero attached hydrogens (tertiary/aromatic N) is 2. The summed E-state index contributed by atoms with van der Waals surface area (Å²) in [6.07, 6.45) is -5.42. The molecule has 1 aliphatic rings. The molecule has 212 valence electrons. The average molecular weight is 549 g/mol. The van der Waals surface area contributed by atoms with Crippen LogP contribution in [0.4, 0.5) is 29.3 Å². The molecule has 0 bridgehead atoms. The van der Waals surface area contributed by atoms with Gasteiger partial charge in [-0.1, -0.05) is 42.5 Å². The van der Waals surface area contributed by atoms with Crippen molar-refractivity contribution < 1.29 is 32.3 Å². The van der Waals surface area contributed by atoms with Crippen LogP contribution in [0.1, 0.15) is 40.2 Å². The molecule has 0 spiro atoms. The quantitative estimate of drug-likeness (QED) is 0.534. The van der Waals surface area contributed by atoms with Crippen LogP contribution in [0, 0.1) is 0 Å². The minimum Gasteiger partial charge on any atom is -0.444 e. The molecule has 11 heteroatoms. The largest absolute Gasteiger partial charge is 0.444 e. The molecular weight excluding hydrogens is 513 g/mol. The summed E-state index contributed by atoms with van der Waals surface area (Å²) >= 11 is 0. The number of amides is 3. The molecule has 1 heterocycles. The van der Waals surface area contributed by atoms with Crippen LogP contribution >= 0.6 is 0 Å². The standard InChI is InChI=1S/C28H35F3N4O4/c1-18(2)34-16-21(25(37)35(17-28(29,30)31)23-14-10-9-13-22(23)34)32-24(36)20(15-19-11-7-6-8-12-19)33-26(38)39-27(3,4)5/h6-14,18,20-21H,15-17H2,1-5H3,(H,32,36)(H,33,38)/t20-,21?/m1/s1. The topological polar surface area (TPSA) is 91.0 Å². The molecule has 2 atom stereocenters. The van der Waals surface area contributed by atoms with Gasteiger partial charge in [0, 0.05) is 19.0 Å². The number of carbonyl (C=O) groups is 3. The number of alkyl carbamates (subject to hydrolysis) is 1. The van der Waals surface area contributed by atoms with Crippen molar-refractivity contribution in [3.63, 3.8) is 0 Å². The Morgan fingerprint density at radius 3 is 2.15 bits per heavy atom. The summed E-state index contributed by atoms with van der Waals surface area (Å²) in [5.41, 5.74) is 0.472. The number of nitrogens with one attached hydrogen (secondary N) is 2. The summed E-state index contributed by atoms with van der Waals surface area (Å²) in [6, 6.07) is 12.6. The lowest BCUT2D eigenvalue weighted by molar-refractivity contribution is -0.135. The van der Waals surface area contributed by atoms with Gasteiger partial charge in [0.2, 0.25) is 5.91 Å². The second-order valence-electron chi connectivity index (χ2n) is 10.7. The van der Waals surface area contributed by atoms with Crippen molar-refractivity contribution in [1.82, 2.24) is 10.6 Å². The molecular formula is C28H35F3N4O4. The molecule has 2 aromatic rings. The number of anilines is 2. The van der Waals surface area contributed by atoms with Gasteiger partial charge in [-0.25, -0.2) is 4.79 Å². The zero-order valence-corrected chi connectivity index (χ0v) is 22.7. The highest BCUT2D eigenvalue weighted by Gasteiger charge is 2.41. The third-order valence-corrected chi connectivity index (χ3v) is 5.99. The fraction of sp³-hybridized carbons (Fsp3) is 0.464. The van der Waals surface area contributed by atoms with E-state index in [0.29, 0.717) is 10.6 Å². The van der Waals surface area contributed by atoms with Gasteiger partial charge < -0.3 is 20.3 Å². The first-order valence-electron chi connectivity index (χ1n) is 12.7. The number of ether oxygens (including phenoxy) is 1. The minimum absolute atomic E-state index is 0.0574. The van der Waals surface area contributed by atoms with Gasteiger partial charge in [0.1, 0.15) is 24.2 Å². The predicted octanol–water partition coefficient (Wildman–Crippen LogP) is 4.43. The van der Waals surface area contributed by atoms with Gasteiger partial charge in [0.05, 0.1) is 11.4 Å². The first-order chi connectivity index (χ1) is 18.1. The summed E-state index contributed by atoms with van der Waals surface area (Å²) in [6.45, 7) is 7.16. The maximum atomic E-state index is 13.6. The summed E-state index contributed by atoms with van der Waals surface area (Å²) < 4.78 is 46.0. The lowest BCUT2D eigenvalue weighted by Crippen LogP contribution is -2.58. The Morgan fingerprint density at radius 2 is 1.59 bits per heavy atom. The zero-order chi connectivity index (χ0) is 29.0. The van der Waals surface area contributed by atoms with Crippen LogP contribution in [0.25, 0.3) is 0 Å². The van der Waals surface area contributed by atoms with E-state index in [0.717, 1.165) is 5.56 Å². The Kier molecular flexibility index (Phi) is 9.14. The highest BCUT2D eigenvalue weighted by molar-refractivity contribution is 6.04. The molecule has 3 rings (SSSR count). The van der Waals surface area contributed by atoms with Crippen LogP contribution in [-0.4, -0.2) is 60.9 Å². The normalized spacial score (nSPS) is 16.8. The van der Waals surface area contributed by atoms with Gasteiger partial charge >= 0.3 is 12.3 Å². The number of carbonyl (C=O) groups excluding carboxylic acids is 3. The first-order valence-corrected chi connectivity index (χ1v) is 12.7. The van der Waals surface area contributed by atoms with E-state index >= 15 is 0 Å². The van der Waals surface area contributed by atoms with E-state index in [9.17, 15) is 27.6 Å². The molecule has 1 unspecified atom stereocenters. The number of hydrogen-bond donors (Lipinski definition) is 2. The van der Waals surface area contributed by atoms with Crippen LogP contribution in [0.5, 0.6) is 0 Å². The number of alkyl halides is 3. The van der Waals surface area contributed by atoms with E-state index in [1.54, 1.807) is 74.2 Å². The van der Waals surface area contributed by atoms with Crippen molar-refractivity contribution in [2.75, 3.05) is 22.9 Å². The Bertz CT molecular complexity index is 1170. The summed E-state index contributed by atoms with van der Waals surface area (Å²) in [4.78, 5) is 42.1. The van der Waals surface area contributed by atoms with Gasteiger partial charge in [0.25, 0.3) is 5.91 Å². The maximum absolute atomic E-state index is 13.6. The fourth-order valence-corrected chi connectivity index (χ4v) is 4.34. The van der Waals surface area contributed by atoms with E-state index in [-0.39, 0.29) is 24.7 Å². The molecule has 2 N–H and O–H groups in total. The fourth-order valence-electron chi connectivity index (χ4n) is 4.34. The average Bonchev–Trinajstić information content (AvgIpc) is 2.93. The van der Waals surface area contributed by atoms with E-state index in [4.69, 9.17) is 4.74 Å². The second-order valence-corrected chi connectivity index (χ2v) is 10.7. The van der Waals surface area contributed by atoms with Gasteiger partial charge in [-0.2, -0.15) is 13.2 Å². The minimum atomic E-state index is -4.67. The molecule has 39 heavy (non-hydrogen) atoms. The van der Waals surface area contributed by atoms with E-state index in [1.165, 1.54) is 6.07 Å². The molecule has 0 aliphatic carbocycles. The molecule has 2 aromatic carbocycles. The van der Waals surface area contributed by atoms with Gasteiger partial charge in [0.15, 0.2) is 0 Å². The number of hydrogen-bond acceptors (Lipinski definition) is 5. The molecule has 1 aliphatic heterocycles. The second kappa shape index (κ2) is 12.0.